The summed E-state index contributed by atoms with van der Waals surface area (Å²) >= 11 is 2.99. The van der Waals surface area contributed by atoms with E-state index in [1.807, 2.05) is 28.3 Å². The third-order valence-electron chi connectivity index (χ3n) is 5.36. The molecule has 2 aromatic heterocycles. The molecule has 0 atom stereocenters. The Labute approximate surface area is 196 Å². The SMILES string of the molecule is CCn1c(SCC(=O)N(C)Cc2ccsc2)nc2cc(S(=O)(=O)N3CCOCC3)ccc21. The number of aromatic nitrogens is 2. The number of nitrogens with zero attached hydrogens (tertiary/aromatic N) is 4. The van der Waals surface area contributed by atoms with Crippen molar-refractivity contribution in [2.45, 2.75) is 30.1 Å². The maximum Gasteiger partial charge on any atom is 0.243 e. The van der Waals surface area contributed by atoms with Gasteiger partial charge in [0.1, 0.15) is 0 Å². The van der Waals surface area contributed by atoms with E-state index >= 15 is 0 Å². The van der Waals surface area contributed by atoms with Gasteiger partial charge in [0, 0.05) is 33.2 Å². The lowest BCUT2D eigenvalue weighted by molar-refractivity contribution is -0.127. The van der Waals surface area contributed by atoms with E-state index < -0.39 is 10.0 Å². The maximum atomic E-state index is 13.0. The summed E-state index contributed by atoms with van der Waals surface area (Å²) in [6.45, 7) is 4.78. The molecule has 1 aromatic carbocycles. The van der Waals surface area contributed by atoms with Gasteiger partial charge < -0.3 is 14.2 Å². The number of carbonyl (C=O) groups excluding carboxylic acids is 1. The molecule has 172 valence electrons. The summed E-state index contributed by atoms with van der Waals surface area (Å²) in [5, 5.41) is 4.75. The predicted molar refractivity (Wildman–Crippen MR) is 127 cm³/mol. The van der Waals surface area contributed by atoms with Gasteiger partial charge in [-0.2, -0.15) is 15.6 Å². The zero-order valence-electron chi connectivity index (χ0n) is 18.1. The van der Waals surface area contributed by atoms with Crippen molar-refractivity contribution >= 4 is 50.1 Å². The molecule has 0 radical (unpaired) electrons. The second-order valence-corrected chi connectivity index (χ2v) is 11.1. The lowest BCUT2D eigenvalue weighted by atomic mass is 10.3. The van der Waals surface area contributed by atoms with Gasteiger partial charge in [-0.15, -0.1) is 0 Å². The second-order valence-electron chi connectivity index (χ2n) is 7.48. The van der Waals surface area contributed by atoms with Gasteiger partial charge in [0.2, 0.25) is 15.9 Å². The van der Waals surface area contributed by atoms with E-state index in [0.29, 0.717) is 50.1 Å². The summed E-state index contributed by atoms with van der Waals surface area (Å²) < 4.78 is 34.7. The Balaban J connectivity index is 1.51. The molecule has 8 nitrogen and oxygen atoms in total. The van der Waals surface area contributed by atoms with Gasteiger partial charge in [-0.05, 0) is 47.5 Å². The van der Waals surface area contributed by atoms with E-state index in [4.69, 9.17) is 4.74 Å². The molecule has 0 aliphatic carbocycles. The summed E-state index contributed by atoms with van der Waals surface area (Å²) in [6.07, 6.45) is 0. The third kappa shape index (κ3) is 4.86. The first-order valence-corrected chi connectivity index (χ1v) is 13.7. The van der Waals surface area contributed by atoms with Crippen LogP contribution in [-0.4, -0.2) is 72.2 Å². The molecule has 1 amide bonds. The highest BCUT2D eigenvalue weighted by Crippen LogP contribution is 2.28. The third-order valence-corrected chi connectivity index (χ3v) is 8.95. The normalized spacial score (nSPS) is 15.3. The van der Waals surface area contributed by atoms with Crippen molar-refractivity contribution in [1.82, 2.24) is 18.8 Å². The topological polar surface area (TPSA) is 84.7 Å². The van der Waals surface area contributed by atoms with Crippen molar-refractivity contribution in [3.63, 3.8) is 0 Å². The molecule has 0 unspecified atom stereocenters. The van der Waals surface area contributed by atoms with Gasteiger partial charge >= 0.3 is 0 Å². The minimum atomic E-state index is -3.59. The van der Waals surface area contributed by atoms with E-state index in [-0.39, 0.29) is 16.6 Å². The Morgan fingerprint density at radius 1 is 1.28 bits per heavy atom. The molecular formula is C21H26N4O4S3. The van der Waals surface area contributed by atoms with Crippen LogP contribution < -0.4 is 0 Å². The van der Waals surface area contributed by atoms with Crippen molar-refractivity contribution in [3.8, 4) is 0 Å². The fourth-order valence-corrected chi connectivity index (χ4v) is 6.69. The van der Waals surface area contributed by atoms with Crippen molar-refractivity contribution in [1.29, 1.82) is 0 Å². The Bertz CT molecular complexity index is 1190. The number of fused-ring (bicyclic) bond motifs is 1. The number of aryl methyl sites for hydroxylation is 1. The molecule has 3 heterocycles. The van der Waals surface area contributed by atoms with E-state index in [1.54, 1.807) is 41.5 Å². The van der Waals surface area contributed by atoms with Gasteiger partial charge in [0.15, 0.2) is 5.16 Å². The molecule has 1 aliphatic heterocycles. The summed E-state index contributed by atoms with van der Waals surface area (Å²) in [5.41, 5.74) is 2.59. The summed E-state index contributed by atoms with van der Waals surface area (Å²) in [6, 6.07) is 7.07. The molecule has 32 heavy (non-hydrogen) atoms. The van der Waals surface area contributed by atoms with Crippen LogP contribution in [0.5, 0.6) is 0 Å². The molecule has 0 saturated carbocycles. The van der Waals surface area contributed by atoms with Gasteiger partial charge in [-0.25, -0.2) is 13.4 Å². The first-order valence-electron chi connectivity index (χ1n) is 10.4. The van der Waals surface area contributed by atoms with Gasteiger partial charge in [0.05, 0.1) is 34.9 Å². The highest BCUT2D eigenvalue weighted by molar-refractivity contribution is 7.99. The van der Waals surface area contributed by atoms with Crippen LogP contribution in [0.3, 0.4) is 0 Å². The zero-order chi connectivity index (χ0) is 22.7. The first kappa shape index (κ1) is 23.2. The summed E-state index contributed by atoms with van der Waals surface area (Å²) in [4.78, 5) is 19.2. The molecule has 0 N–H and O–H groups in total. The van der Waals surface area contributed by atoms with Crippen LogP contribution in [0.1, 0.15) is 12.5 Å². The molecule has 0 bridgehead atoms. The molecule has 1 fully saturated rings. The van der Waals surface area contributed by atoms with Crippen molar-refractivity contribution in [3.05, 3.63) is 40.6 Å². The van der Waals surface area contributed by atoms with Crippen molar-refractivity contribution < 1.29 is 17.9 Å². The second kappa shape index (κ2) is 9.92. The van der Waals surface area contributed by atoms with Gasteiger partial charge in [0.25, 0.3) is 0 Å². The average Bonchev–Trinajstić information content (AvgIpc) is 3.44. The van der Waals surface area contributed by atoms with E-state index in [9.17, 15) is 13.2 Å². The first-order chi connectivity index (χ1) is 15.4. The van der Waals surface area contributed by atoms with Crippen LogP contribution in [0.2, 0.25) is 0 Å². The van der Waals surface area contributed by atoms with E-state index in [1.165, 1.54) is 16.1 Å². The van der Waals surface area contributed by atoms with E-state index in [2.05, 4.69) is 4.98 Å². The average molecular weight is 495 g/mol. The molecule has 11 heteroatoms. The number of rotatable bonds is 8. The number of benzene rings is 1. The summed E-state index contributed by atoms with van der Waals surface area (Å²) in [5.74, 6) is 0.287. The summed E-state index contributed by atoms with van der Waals surface area (Å²) in [7, 11) is -1.79. The maximum absolute atomic E-state index is 13.0. The van der Waals surface area contributed by atoms with Crippen LogP contribution in [-0.2, 0) is 32.6 Å². The molecule has 0 spiro atoms. The lowest BCUT2D eigenvalue weighted by Gasteiger charge is -2.26. The smallest absolute Gasteiger partial charge is 0.243 e. The van der Waals surface area contributed by atoms with E-state index in [0.717, 1.165) is 11.1 Å². The number of thiophene rings is 1. The number of morpholine rings is 1. The van der Waals surface area contributed by atoms with Crippen LogP contribution in [0, 0.1) is 0 Å². The number of thioether (sulfide) groups is 1. The van der Waals surface area contributed by atoms with Crippen molar-refractivity contribution in [2.75, 3.05) is 39.1 Å². The Morgan fingerprint density at radius 3 is 2.75 bits per heavy atom. The fraction of sp³-hybridized carbons (Fsp3) is 0.429. The van der Waals surface area contributed by atoms with Crippen LogP contribution in [0.4, 0.5) is 0 Å². The monoisotopic (exact) mass is 494 g/mol. The number of ether oxygens (including phenoxy) is 1. The largest absolute Gasteiger partial charge is 0.379 e. The Kier molecular flexibility index (Phi) is 7.21. The quantitative estimate of drug-likeness (QED) is 0.448. The molecule has 3 aromatic rings. The molecular weight excluding hydrogens is 468 g/mol. The van der Waals surface area contributed by atoms with Crippen LogP contribution in [0.25, 0.3) is 11.0 Å². The number of amides is 1. The number of hydrogen-bond donors (Lipinski definition) is 0. The van der Waals surface area contributed by atoms with Crippen LogP contribution in [0.15, 0.2) is 45.1 Å². The molecule has 1 saturated heterocycles. The minimum absolute atomic E-state index is 0.0199. The molecule has 1 aliphatic rings. The Hall–Kier alpha value is -1.92. The Morgan fingerprint density at radius 2 is 2.06 bits per heavy atom. The number of hydrogen-bond acceptors (Lipinski definition) is 7. The minimum Gasteiger partial charge on any atom is -0.379 e. The predicted octanol–water partition coefficient (Wildman–Crippen LogP) is 2.89. The van der Waals surface area contributed by atoms with Crippen LogP contribution >= 0.6 is 23.1 Å². The van der Waals surface area contributed by atoms with Crippen molar-refractivity contribution in [2.24, 2.45) is 0 Å². The zero-order valence-corrected chi connectivity index (χ0v) is 20.5. The fourth-order valence-electron chi connectivity index (χ4n) is 3.58. The van der Waals surface area contributed by atoms with Gasteiger partial charge in [-0.3, -0.25) is 4.79 Å². The number of sulfonamides is 1. The highest BCUT2D eigenvalue weighted by atomic mass is 32.2. The standard InChI is InChI=1S/C21H26N4O4S3/c1-3-25-19-5-4-17(32(27,28)24-7-9-29-10-8-24)12-18(19)22-21(25)31-15-20(26)23(2)13-16-6-11-30-14-16/h4-6,11-12,14H,3,7-10,13,15H2,1-2H3. The number of imidazole rings is 1. The van der Waals surface area contributed by atoms with Gasteiger partial charge in [-0.1, -0.05) is 11.8 Å². The lowest BCUT2D eigenvalue weighted by Crippen LogP contribution is -2.40. The molecule has 4 rings (SSSR count). The number of carbonyl (C=O) groups is 1. The highest BCUT2D eigenvalue weighted by Gasteiger charge is 2.27.